The van der Waals surface area contributed by atoms with Crippen molar-refractivity contribution in [2.75, 3.05) is 16.5 Å². The van der Waals surface area contributed by atoms with Crippen molar-refractivity contribution in [1.82, 2.24) is 0 Å². The normalized spacial score (nSPS) is 17.2. The van der Waals surface area contributed by atoms with Crippen LogP contribution in [0.3, 0.4) is 0 Å². The van der Waals surface area contributed by atoms with Crippen molar-refractivity contribution in [2.45, 2.75) is 39.2 Å². The Kier molecular flexibility index (Phi) is 2.84. The summed E-state index contributed by atoms with van der Waals surface area (Å²) in [5, 5.41) is 2.65. The summed E-state index contributed by atoms with van der Waals surface area (Å²) in [7, 11) is 0. The van der Waals surface area contributed by atoms with Crippen LogP contribution in [0, 0.1) is 0 Å². The van der Waals surface area contributed by atoms with E-state index in [1.807, 2.05) is 0 Å². The molecule has 25 heavy (non-hydrogen) atoms. The van der Waals surface area contributed by atoms with Crippen LogP contribution < -0.4 is 9.80 Å². The van der Waals surface area contributed by atoms with E-state index in [-0.39, 0.29) is 5.41 Å². The summed E-state index contributed by atoms with van der Waals surface area (Å²) in [5.41, 5.74) is 7.03. The third-order valence-corrected chi connectivity index (χ3v) is 6.01. The molecule has 0 saturated carbocycles. The van der Waals surface area contributed by atoms with E-state index >= 15 is 0 Å². The Bertz CT molecular complexity index is 1000. The van der Waals surface area contributed by atoms with E-state index in [0.717, 1.165) is 6.67 Å². The predicted molar refractivity (Wildman–Crippen MR) is 107 cm³/mol. The van der Waals surface area contributed by atoms with Gasteiger partial charge in [0.05, 0.1) is 18.0 Å². The van der Waals surface area contributed by atoms with Crippen LogP contribution >= 0.6 is 0 Å². The van der Waals surface area contributed by atoms with Gasteiger partial charge in [0.25, 0.3) is 0 Å². The molecule has 0 spiro atoms. The zero-order valence-corrected chi connectivity index (χ0v) is 15.4. The van der Waals surface area contributed by atoms with E-state index in [4.69, 9.17) is 0 Å². The molecule has 0 saturated heterocycles. The van der Waals surface area contributed by atoms with Gasteiger partial charge in [0.2, 0.25) is 0 Å². The minimum atomic E-state index is 0.00813. The molecule has 3 aromatic carbocycles. The first kappa shape index (κ1) is 14.8. The van der Waals surface area contributed by atoms with Gasteiger partial charge >= 0.3 is 0 Å². The van der Waals surface area contributed by atoms with Crippen LogP contribution in [0.15, 0.2) is 54.6 Å². The van der Waals surface area contributed by atoms with Crippen LogP contribution in [0.2, 0.25) is 0 Å². The first-order valence-corrected chi connectivity index (χ1v) is 9.19. The fourth-order valence-corrected chi connectivity index (χ4v) is 4.59. The van der Waals surface area contributed by atoms with Crippen molar-refractivity contribution >= 4 is 27.8 Å². The molecule has 0 unspecified atom stereocenters. The SMILES string of the molecule is CC(C)N1CN2c3cc4ccccc4cc3C(C)(C)c3cccc1c32. The van der Waals surface area contributed by atoms with Crippen molar-refractivity contribution in [2.24, 2.45) is 0 Å². The highest BCUT2D eigenvalue weighted by Crippen LogP contribution is 2.55. The van der Waals surface area contributed by atoms with Crippen LogP contribution in [-0.2, 0) is 5.41 Å². The highest BCUT2D eigenvalue weighted by Gasteiger charge is 2.42. The van der Waals surface area contributed by atoms with Gasteiger partial charge < -0.3 is 9.80 Å². The van der Waals surface area contributed by atoms with Crippen LogP contribution in [-0.4, -0.2) is 12.7 Å². The number of hydrogen-bond acceptors (Lipinski definition) is 2. The smallest absolute Gasteiger partial charge is 0.0955 e. The monoisotopic (exact) mass is 328 g/mol. The topological polar surface area (TPSA) is 6.48 Å². The zero-order valence-electron chi connectivity index (χ0n) is 15.4. The van der Waals surface area contributed by atoms with Crippen molar-refractivity contribution in [3.63, 3.8) is 0 Å². The van der Waals surface area contributed by atoms with Crippen LogP contribution in [0.25, 0.3) is 10.8 Å². The van der Waals surface area contributed by atoms with E-state index in [0.29, 0.717) is 6.04 Å². The van der Waals surface area contributed by atoms with Gasteiger partial charge in [-0.2, -0.15) is 0 Å². The van der Waals surface area contributed by atoms with Crippen LogP contribution in [0.4, 0.5) is 17.1 Å². The number of benzene rings is 3. The van der Waals surface area contributed by atoms with Crippen molar-refractivity contribution < 1.29 is 0 Å². The maximum atomic E-state index is 2.53. The standard InChI is InChI=1S/C23H24N2/c1-15(2)24-14-25-21-13-17-9-6-5-8-16(17)12-19(21)23(3,4)18-10-7-11-20(24)22(18)25/h5-13,15H,14H2,1-4H3. The molecule has 0 amide bonds. The van der Waals surface area contributed by atoms with Gasteiger partial charge in [-0.25, -0.2) is 0 Å². The van der Waals surface area contributed by atoms with Gasteiger partial charge in [0, 0.05) is 17.1 Å². The molecule has 2 aliphatic heterocycles. The molecule has 0 N–H and O–H groups in total. The number of fused-ring (bicyclic) bond motifs is 3. The van der Waals surface area contributed by atoms with Gasteiger partial charge in [-0.15, -0.1) is 0 Å². The molecular formula is C23H24N2. The van der Waals surface area contributed by atoms with E-state index in [9.17, 15) is 0 Å². The van der Waals surface area contributed by atoms with Gasteiger partial charge in [0.15, 0.2) is 0 Å². The van der Waals surface area contributed by atoms with E-state index in [1.54, 1.807) is 0 Å². The van der Waals surface area contributed by atoms with Crippen LogP contribution in [0.5, 0.6) is 0 Å². The second-order valence-electron chi connectivity index (χ2n) is 8.15. The summed E-state index contributed by atoms with van der Waals surface area (Å²) >= 11 is 0. The molecule has 126 valence electrons. The van der Waals surface area contributed by atoms with Crippen LogP contribution in [0.1, 0.15) is 38.8 Å². The van der Waals surface area contributed by atoms with Crippen molar-refractivity contribution in [3.8, 4) is 0 Å². The Balaban J connectivity index is 1.84. The first-order chi connectivity index (χ1) is 12.0. The van der Waals surface area contributed by atoms with Gasteiger partial charge in [0.1, 0.15) is 0 Å². The molecule has 0 radical (unpaired) electrons. The third kappa shape index (κ3) is 1.85. The van der Waals surface area contributed by atoms with Gasteiger partial charge in [-0.05, 0) is 53.9 Å². The fourth-order valence-electron chi connectivity index (χ4n) is 4.59. The quantitative estimate of drug-likeness (QED) is 0.557. The van der Waals surface area contributed by atoms with Crippen molar-refractivity contribution in [3.05, 3.63) is 65.7 Å². The molecule has 0 aromatic heterocycles. The maximum absolute atomic E-state index is 2.53. The molecule has 2 nitrogen and oxygen atoms in total. The first-order valence-electron chi connectivity index (χ1n) is 9.19. The Morgan fingerprint density at radius 2 is 1.56 bits per heavy atom. The molecule has 0 atom stereocenters. The number of hydrogen-bond donors (Lipinski definition) is 0. The minimum Gasteiger partial charge on any atom is -0.349 e. The molecule has 0 aliphatic carbocycles. The summed E-state index contributed by atoms with van der Waals surface area (Å²) in [4.78, 5) is 5.04. The summed E-state index contributed by atoms with van der Waals surface area (Å²) in [6, 6.07) is 20.8. The van der Waals surface area contributed by atoms with E-state index in [2.05, 4.69) is 92.1 Å². The summed E-state index contributed by atoms with van der Waals surface area (Å²) in [6.45, 7) is 10.2. The van der Waals surface area contributed by atoms with Crippen molar-refractivity contribution in [1.29, 1.82) is 0 Å². The molecule has 2 heteroatoms. The summed E-state index contributed by atoms with van der Waals surface area (Å²) < 4.78 is 0. The second-order valence-corrected chi connectivity index (χ2v) is 8.15. The lowest BCUT2D eigenvalue weighted by atomic mass is 9.73. The average Bonchev–Trinajstić information content (AvgIpc) is 2.99. The number of rotatable bonds is 1. The Hall–Kier alpha value is -2.48. The largest absolute Gasteiger partial charge is 0.349 e. The van der Waals surface area contributed by atoms with Gasteiger partial charge in [-0.1, -0.05) is 50.2 Å². The third-order valence-electron chi connectivity index (χ3n) is 6.01. The maximum Gasteiger partial charge on any atom is 0.0955 e. The molecule has 3 aromatic rings. The summed E-state index contributed by atoms with van der Waals surface area (Å²) in [5.74, 6) is 0. The summed E-state index contributed by atoms with van der Waals surface area (Å²) in [6.07, 6.45) is 0. The second kappa shape index (κ2) is 4.78. The zero-order chi connectivity index (χ0) is 17.3. The Morgan fingerprint density at radius 3 is 2.28 bits per heavy atom. The molecular weight excluding hydrogens is 304 g/mol. The predicted octanol–water partition coefficient (Wildman–Crippen LogP) is 5.80. The van der Waals surface area contributed by atoms with Gasteiger partial charge in [-0.3, -0.25) is 0 Å². The molecule has 0 bridgehead atoms. The number of para-hydroxylation sites is 1. The van der Waals surface area contributed by atoms with E-state index < -0.39 is 0 Å². The minimum absolute atomic E-state index is 0.00813. The molecule has 0 fully saturated rings. The van der Waals surface area contributed by atoms with E-state index in [1.165, 1.54) is 39.0 Å². The average molecular weight is 328 g/mol. The number of nitrogens with zero attached hydrogens (tertiary/aromatic N) is 2. The molecule has 5 rings (SSSR count). The number of anilines is 3. The molecule has 2 aliphatic rings. The Morgan fingerprint density at radius 1 is 0.840 bits per heavy atom. The lowest BCUT2D eigenvalue weighted by Crippen LogP contribution is -2.36. The highest BCUT2D eigenvalue weighted by molar-refractivity contribution is 5.96. The lowest BCUT2D eigenvalue weighted by Gasteiger charge is -2.39. The Labute approximate surface area is 149 Å². The lowest BCUT2D eigenvalue weighted by molar-refractivity contribution is 0.628. The fraction of sp³-hybridized carbons (Fsp3) is 0.304. The molecule has 2 heterocycles. The highest BCUT2D eigenvalue weighted by atomic mass is 15.4.